The molecule has 0 unspecified atom stereocenters. The van der Waals surface area contributed by atoms with Crippen LogP contribution in [0.5, 0.6) is 0 Å². The molecule has 6 heteroatoms. The maximum Gasteiger partial charge on any atom is 0.416 e. The molecule has 1 fully saturated rings. The number of benzene rings is 3. The Balaban J connectivity index is 1.52. The number of carbonyl (C=O) groups excluding carboxylic acids is 2. The number of carbonyl (C=O) groups is 2. The Morgan fingerprint density at radius 1 is 0.919 bits per heavy atom. The van der Waals surface area contributed by atoms with E-state index < -0.39 is 11.6 Å². The van der Waals surface area contributed by atoms with Gasteiger partial charge in [0.25, 0.3) is 0 Å². The first-order valence-corrected chi connectivity index (χ1v) is 12.7. The largest absolute Gasteiger partial charge is 0.447 e. The summed E-state index contributed by atoms with van der Waals surface area (Å²) in [6, 6.07) is 30.9. The van der Waals surface area contributed by atoms with Crippen molar-refractivity contribution >= 4 is 12.0 Å². The second-order valence-electron chi connectivity index (χ2n) is 9.73. The molecular formula is C31H31N3O3. The number of cyclic esters (lactones) is 1. The topological polar surface area (TPSA) is 64.4 Å². The summed E-state index contributed by atoms with van der Waals surface area (Å²) in [5.41, 5.74) is 3.45. The lowest BCUT2D eigenvalue weighted by Crippen LogP contribution is -2.41. The number of rotatable bonds is 8. The van der Waals surface area contributed by atoms with Crippen LogP contribution >= 0.6 is 0 Å². The molecule has 1 atom stereocenters. The molecule has 4 aromatic rings. The van der Waals surface area contributed by atoms with Gasteiger partial charge in [0.1, 0.15) is 12.1 Å². The molecule has 1 aliphatic rings. The van der Waals surface area contributed by atoms with Crippen LogP contribution in [0.25, 0.3) is 0 Å². The van der Waals surface area contributed by atoms with Crippen LogP contribution in [0.3, 0.4) is 0 Å². The first-order chi connectivity index (χ1) is 18.0. The van der Waals surface area contributed by atoms with E-state index in [1.54, 1.807) is 0 Å². The van der Waals surface area contributed by atoms with Crippen LogP contribution in [-0.4, -0.2) is 39.1 Å². The Bertz CT molecular complexity index is 1250. The summed E-state index contributed by atoms with van der Waals surface area (Å²) in [6.45, 7) is 4.24. The van der Waals surface area contributed by atoms with Gasteiger partial charge in [0.15, 0.2) is 0 Å². The van der Waals surface area contributed by atoms with Crippen molar-refractivity contribution in [3.05, 3.63) is 126 Å². The van der Waals surface area contributed by atoms with E-state index >= 15 is 0 Å². The van der Waals surface area contributed by atoms with Crippen LogP contribution in [0, 0.1) is 5.92 Å². The molecule has 2 amide bonds. The molecule has 0 saturated carbocycles. The van der Waals surface area contributed by atoms with Crippen molar-refractivity contribution in [2.75, 3.05) is 6.61 Å². The summed E-state index contributed by atoms with van der Waals surface area (Å²) in [5, 5.41) is 0. The summed E-state index contributed by atoms with van der Waals surface area (Å²) >= 11 is 0. The van der Waals surface area contributed by atoms with Gasteiger partial charge in [0.2, 0.25) is 5.91 Å². The van der Waals surface area contributed by atoms with Gasteiger partial charge in [-0.1, -0.05) is 105 Å². The Morgan fingerprint density at radius 3 is 1.92 bits per heavy atom. The van der Waals surface area contributed by atoms with Gasteiger partial charge in [0, 0.05) is 12.6 Å². The van der Waals surface area contributed by atoms with Crippen molar-refractivity contribution in [1.29, 1.82) is 0 Å². The number of imidazole rings is 1. The zero-order chi connectivity index (χ0) is 25.8. The van der Waals surface area contributed by atoms with Gasteiger partial charge in [0.05, 0.1) is 18.1 Å². The number of ether oxygens (including phenoxy) is 1. The lowest BCUT2D eigenvalue weighted by atomic mass is 9.77. The molecule has 0 spiro atoms. The van der Waals surface area contributed by atoms with Gasteiger partial charge < -0.3 is 9.30 Å². The van der Waals surface area contributed by atoms with E-state index in [0.29, 0.717) is 6.42 Å². The fourth-order valence-electron chi connectivity index (χ4n) is 5.23. The second-order valence-corrected chi connectivity index (χ2v) is 9.73. The van der Waals surface area contributed by atoms with Crippen molar-refractivity contribution in [3.8, 4) is 0 Å². The summed E-state index contributed by atoms with van der Waals surface area (Å²) in [7, 11) is 0. The summed E-state index contributed by atoms with van der Waals surface area (Å²) in [6.07, 6.45) is 3.92. The van der Waals surface area contributed by atoms with Crippen LogP contribution in [0.2, 0.25) is 0 Å². The summed E-state index contributed by atoms with van der Waals surface area (Å²) in [4.78, 5) is 31.2. The first kappa shape index (κ1) is 24.5. The number of nitrogens with zero attached hydrogens (tertiary/aromatic N) is 3. The molecule has 188 valence electrons. The number of aromatic nitrogens is 2. The average Bonchev–Trinajstić information content (AvgIpc) is 3.57. The monoisotopic (exact) mass is 493 g/mol. The molecule has 6 nitrogen and oxygen atoms in total. The maximum absolute atomic E-state index is 13.0. The lowest BCUT2D eigenvalue weighted by molar-refractivity contribution is -0.129. The highest BCUT2D eigenvalue weighted by Gasteiger charge is 2.40. The Labute approximate surface area is 217 Å². The summed E-state index contributed by atoms with van der Waals surface area (Å²) < 4.78 is 7.29. The molecule has 3 aromatic carbocycles. The third-order valence-electron chi connectivity index (χ3n) is 7.14. The minimum Gasteiger partial charge on any atom is -0.447 e. The van der Waals surface area contributed by atoms with Gasteiger partial charge >= 0.3 is 6.09 Å². The van der Waals surface area contributed by atoms with Crippen molar-refractivity contribution in [2.24, 2.45) is 5.92 Å². The van der Waals surface area contributed by atoms with E-state index in [-0.39, 0.29) is 30.9 Å². The SMILES string of the molecule is CC(C)[C@H]1COC(=O)N1C(=O)CCc1cn(C(c2ccccc2)(c2ccccc2)c2ccccc2)cn1. The fourth-order valence-corrected chi connectivity index (χ4v) is 5.23. The van der Waals surface area contributed by atoms with Gasteiger partial charge in [-0.15, -0.1) is 0 Å². The Hall–Kier alpha value is -4.19. The highest BCUT2D eigenvalue weighted by molar-refractivity contribution is 5.93. The number of hydrogen-bond donors (Lipinski definition) is 0. The quantitative estimate of drug-likeness (QED) is 0.297. The van der Waals surface area contributed by atoms with E-state index in [4.69, 9.17) is 9.72 Å². The van der Waals surface area contributed by atoms with Crippen LogP contribution in [0.1, 0.15) is 42.7 Å². The highest BCUT2D eigenvalue weighted by atomic mass is 16.6. The molecule has 1 aromatic heterocycles. The van der Waals surface area contributed by atoms with Crippen molar-refractivity contribution in [1.82, 2.24) is 14.5 Å². The van der Waals surface area contributed by atoms with Crippen molar-refractivity contribution in [2.45, 2.75) is 38.3 Å². The van der Waals surface area contributed by atoms with Crippen LogP contribution in [0.15, 0.2) is 104 Å². The molecular weight excluding hydrogens is 462 g/mol. The number of amides is 2. The lowest BCUT2D eigenvalue weighted by Gasteiger charge is -2.37. The molecule has 0 radical (unpaired) electrons. The maximum atomic E-state index is 13.0. The van der Waals surface area contributed by atoms with E-state index in [9.17, 15) is 9.59 Å². The van der Waals surface area contributed by atoms with Crippen molar-refractivity contribution < 1.29 is 14.3 Å². The minimum absolute atomic E-state index is 0.137. The van der Waals surface area contributed by atoms with E-state index in [1.165, 1.54) is 4.90 Å². The molecule has 5 rings (SSSR count). The number of imide groups is 1. The first-order valence-electron chi connectivity index (χ1n) is 12.7. The van der Waals surface area contributed by atoms with Gasteiger partial charge in [-0.25, -0.2) is 14.7 Å². The van der Waals surface area contributed by atoms with Crippen LogP contribution in [-0.2, 0) is 21.5 Å². The number of aryl methyl sites for hydroxylation is 1. The normalized spacial score (nSPS) is 15.7. The fraction of sp³-hybridized carbons (Fsp3) is 0.258. The third-order valence-corrected chi connectivity index (χ3v) is 7.14. The molecule has 0 aliphatic carbocycles. The zero-order valence-electron chi connectivity index (χ0n) is 21.2. The standard InChI is InChI=1S/C31H31N3O3/c1-23(2)28-21-37-30(36)34(28)29(35)19-18-27-20-33(22-32-27)31(24-12-6-3-7-13-24,25-14-8-4-9-15-25)26-16-10-5-11-17-26/h3-17,20,22-23,28H,18-19,21H2,1-2H3/t28-/m1/s1. The predicted octanol–water partition coefficient (Wildman–Crippen LogP) is 5.66. The minimum atomic E-state index is -0.652. The third kappa shape index (κ3) is 4.55. The molecule has 0 bridgehead atoms. The van der Waals surface area contributed by atoms with Gasteiger partial charge in [-0.3, -0.25) is 4.79 Å². The van der Waals surface area contributed by atoms with Crippen LogP contribution in [0.4, 0.5) is 4.79 Å². The molecule has 37 heavy (non-hydrogen) atoms. The van der Waals surface area contributed by atoms with Crippen molar-refractivity contribution in [3.63, 3.8) is 0 Å². The average molecular weight is 494 g/mol. The Kier molecular flexibility index (Phi) is 6.91. The van der Waals surface area contributed by atoms with Gasteiger partial charge in [-0.2, -0.15) is 0 Å². The Morgan fingerprint density at radius 2 is 1.43 bits per heavy atom. The smallest absolute Gasteiger partial charge is 0.416 e. The van der Waals surface area contributed by atoms with E-state index in [1.807, 2.05) is 81.0 Å². The molecule has 1 aliphatic heterocycles. The molecule has 1 saturated heterocycles. The second kappa shape index (κ2) is 10.4. The predicted molar refractivity (Wildman–Crippen MR) is 142 cm³/mol. The van der Waals surface area contributed by atoms with Gasteiger partial charge in [-0.05, 0) is 29.0 Å². The van der Waals surface area contributed by atoms with Crippen LogP contribution < -0.4 is 0 Å². The molecule has 0 N–H and O–H groups in total. The summed E-state index contributed by atoms with van der Waals surface area (Å²) in [5.74, 6) is -0.0889. The zero-order valence-corrected chi connectivity index (χ0v) is 21.2. The van der Waals surface area contributed by atoms with E-state index in [2.05, 4.69) is 41.0 Å². The highest BCUT2D eigenvalue weighted by Crippen LogP contribution is 2.40. The molecule has 2 heterocycles. The number of hydrogen-bond acceptors (Lipinski definition) is 4. The van der Waals surface area contributed by atoms with E-state index in [0.717, 1.165) is 22.4 Å².